The van der Waals surface area contributed by atoms with Crippen molar-refractivity contribution in [3.05, 3.63) is 95.1 Å². The second-order valence-electron chi connectivity index (χ2n) is 7.33. The Labute approximate surface area is 193 Å². The van der Waals surface area contributed by atoms with E-state index in [9.17, 15) is 24.3 Å². The van der Waals surface area contributed by atoms with Crippen LogP contribution < -0.4 is 15.0 Å². The third kappa shape index (κ3) is 4.78. The highest BCUT2D eigenvalue weighted by atomic mass is 16.5. The number of phenols is 1. The van der Waals surface area contributed by atoms with Gasteiger partial charge in [0.1, 0.15) is 23.7 Å². The van der Waals surface area contributed by atoms with Gasteiger partial charge in [-0.3, -0.25) is 14.9 Å². The van der Waals surface area contributed by atoms with Crippen LogP contribution in [0.5, 0.6) is 11.5 Å². The lowest BCUT2D eigenvalue weighted by molar-refractivity contribution is -0.122. The monoisotopic (exact) mass is 458 g/mol. The number of hydrogen-bond donors (Lipinski definition) is 3. The topological polar surface area (TPSA) is 133 Å². The summed E-state index contributed by atoms with van der Waals surface area (Å²) in [5, 5.41) is 20.5. The first-order chi connectivity index (χ1) is 16.3. The molecule has 4 rings (SSSR count). The molecule has 4 amide bonds. The van der Waals surface area contributed by atoms with Gasteiger partial charge in [0, 0.05) is 0 Å². The minimum atomic E-state index is -1.00. The molecule has 1 saturated heterocycles. The molecule has 0 aliphatic carbocycles. The number of nitrogens with one attached hydrogen (secondary N) is 1. The van der Waals surface area contributed by atoms with E-state index in [4.69, 9.17) is 9.84 Å². The number of benzene rings is 3. The van der Waals surface area contributed by atoms with E-state index in [0.717, 1.165) is 10.5 Å². The second kappa shape index (κ2) is 9.29. The molecule has 3 N–H and O–H groups in total. The molecule has 34 heavy (non-hydrogen) atoms. The zero-order chi connectivity index (χ0) is 24.2. The van der Waals surface area contributed by atoms with Gasteiger partial charge in [-0.1, -0.05) is 24.3 Å². The standard InChI is InChI=1S/C25H18N2O7/c28-19-9-7-18(8-10-19)27-23(30)21(22(29)26-25(27)33)13-15-3-11-20(12-4-15)34-14-16-1-5-17(6-2-16)24(31)32/h1-13,28H,14H2,(H,31,32)(H,26,29,33)/b21-13+. The molecule has 0 spiro atoms. The number of urea groups is 1. The summed E-state index contributed by atoms with van der Waals surface area (Å²) in [6.07, 6.45) is 1.37. The maximum atomic E-state index is 12.9. The number of imide groups is 2. The van der Waals surface area contributed by atoms with Gasteiger partial charge in [0.25, 0.3) is 11.8 Å². The van der Waals surface area contributed by atoms with Crippen molar-refractivity contribution in [3.63, 3.8) is 0 Å². The van der Waals surface area contributed by atoms with Gasteiger partial charge >= 0.3 is 12.0 Å². The number of aromatic hydroxyl groups is 1. The third-order valence-electron chi connectivity index (χ3n) is 5.01. The molecule has 1 aliphatic heterocycles. The predicted octanol–water partition coefficient (Wildman–Crippen LogP) is 3.34. The van der Waals surface area contributed by atoms with Crippen molar-refractivity contribution < 1.29 is 34.1 Å². The molecule has 1 fully saturated rings. The van der Waals surface area contributed by atoms with Gasteiger partial charge in [-0.05, 0) is 65.7 Å². The molecule has 0 radical (unpaired) electrons. The summed E-state index contributed by atoms with van der Waals surface area (Å²) in [4.78, 5) is 49.1. The first kappa shape index (κ1) is 22.3. The van der Waals surface area contributed by atoms with Crippen LogP contribution in [0.2, 0.25) is 0 Å². The lowest BCUT2D eigenvalue weighted by Gasteiger charge is -2.26. The van der Waals surface area contributed by atoms with E-state index in [1.165, 1.54) is 42.5 Å². The summed E-state index contributed by atoms with van der Waals surface area (Å²) in [6.45, 7) is 0.227. The molecule has 3 aromatic rings. The Kier molecular flexibility index (Phi) is 6.09. The smallest absolute Gasteiger partial charge is 0.335 e. The van der Waals surface area contributed by atoms with Crippen molar-refractivity contribution in [2.45, 2.75) is 6.61 Å². The van der Waals surface area contributed by atoms with E-state index in [-0.39, 0.29) is 29.2 Å². The Morgan fingerprint density at radius 3 is 2.18 bits per heavy atom. The summed E-state index contributed by atoms with van der Waals surface area (Å²) in [5.41, 5.74) is 1.50. The van der Waals surface area contributed by atoms with E-state index in [1.54, 1.807) is 36.4 Å². The number of barbiturate groups is 1. The maximum absolute atomic E-state index is 12.9. The number of carbonyl (C=O) groups excluding carboxylic acids is 3. The van der Waals surface area contributed by atoms with Crippen LogP contribution >= 0.6 is 0 Å². The van der Waals surface area contributed by atoms with E-state index in [1.807, 2.05) is 0 Å². The average Bonchev–Trinajstić information content (AvgIpc) is 2.82. The van der Waals surface area contributed by atoms with Crippen LogP contribution in [0.3, 0.4) is 0 Å². The average molecular weight is 458 g/mol. The van der Waals surface area contributed by atoms with Crippen LogP contribution in [-0.4, -0.2) is 34.0 Å². The summed E-state index contributed by atoms with van der Waals surface area (Å²) < 4.78 is 5.69. The number of phenolic OH excluding ortho intramolecular Hbond substituents is 1. The van der Waals surface area contributed by atoms with Crippen LogP contribution in [-0.2, 0) is 16.2 Å². The minimum Gasteiger partial charge on any atom is -0.508 e. The van der Waals surface area contributed by atoms with Crippen LogP contribution in [0.25, 0.3) is 6.08 Å². The van der Waals surface area contributed by atoms with Gasteiger partial charge in [-0.15, -0.1) is 0 Å². The molecule has 0 atom stereocenters. The first-order valence-corrected chi connectivity index (χ1v) is 10.1. The number of aromatic carboxylic acids is 1. The van der Waals surface area contributed by atoms with Crippen molar-refractivity contribution in [2.75, 3.05) is 4.90 Å². The fraction of sp³-hybridized carbons (Fsp3) is 0.0400. The van der Waals surface area contributed by atoms with Crippen molar-refractivity contribution in [2.24, 2.45) is 0 Å². The SMILES string of the molecule is O=C1NC(=O)N(c2ccc(O)cc2)C(=O)/C1=C/c1ccc(OCc2ccc(C(=O)O)cc2)cc1. The Morgan fingerprint density at radius 1 is 0.912 bits per heavy atom. The molecule has 3 aromatic carbocycles. The largest absolute Gasteiger partial charge is 0.508 e. The summed E-state index contributed by atoms with van der Waals surface area (Å²) in [6, 6.07) is 17.5. The van der Waals surface area contributed by atoms with Crippen LogP contribution in [0, 0.1) is 0 Å². The zero-order valence-corrected chi connectivity index (χ0v) is 17.6. The predicted molar refractivity (Wildman–Crippen MR) is 121 cm³/mol. The first-order valence-electron chi connectivity index (χ1n) is 10.1. The fourth-order valence-electron chi connectivity index (χ4n) is 3.23. The molecule has 1 heterocycles. The summed E-state index contributed by atoms with van der Waals surface area (Å²) in [5.74, 6) is -2.09. The van der Waals surface area contributed by atoms with Gasteiger partial charge in [0.15, 0.2) is 0 Å². The van der Waals surface area contributed by atoms with Gasteiger partial charge in [-0.2, -0.15) is 0 Å². The molecule has 0 saturated carbocycles. The minimum absolute atomic E-state index is 0.0277. The highest BCUT2D eigenvalue weighted by Crippen LogP contribution is 2.24. The molecular weight excluding hydrogens is 440 g/mol. The van der Waals surface area contributed by atoms with E-state index in [2.05, 4.69) is 5.32 Å². The van der Waals surface area contributed by atoms with Gasteiger partial charge in [-0.25, -0.2) is 14.5 Å². The maximum Gasteiger partial charge on any atom is 0.335 e. The molecule has 170 valence electrons. The Morgan fingerprint density at radius 2 is 1.56 bits per heavy atom. The molecule has 9 nitrogen and oxygen atoms in total. The number of carbonyl (C=O) groups is 4. The number of ether oxygens (including phenoxy) is 1. The number of rotatable bonds is 6. The number of amides is 4. The lowest BCUT2D eigenvalue weighted by Crippen LogP contribution is -2.54. The number of carboxylic acid groups (broad SMARTS) is 1. The number of carboxylic acids is 1. The lowest BCUT2D eigenvalue weighted by atomic mass is 10.1. The highest BCUT2D eigenvalue weighted by Gasteiger charge is 2.36. The zero-order valence-electron chi connectivity index (χ0n) is 17.6. The molecular formula is C25H18N2O7. The fourth-order valence-corrected chi connectivity index (χ4v) is 3.23. The normalized spacial score (nSPS) is 14.8. The van der Waals surface area contributed by atoms with E-state index < -0.39 is 23.8 Å². The molecule has 0 aromatic heterocycles. The quantitative estimate of drug-likeness (QED) is 0.381. The Bertz CT molecular complexity index is 1290. The van der Waals surface area contributed by atoms with Crippen LogP contribution in [0.15, 0.2) is 78.4 Å². The third-order valence-corrected chi connectivity index (χ3v) is 5.01. The highest BCUT2D eigenvalue weighted by molar-refractivity contribution is 6.39. The van der Waals surface area contributed by atoms with Gasteiger partial charge < -0.3 is 14.9 Å². The number of hydrogen-bond acceptors (Lipinski definition) is 6. The van der Waals surface area contributed by atoms with E-state index in [0.29, 0.717) is 11.3 Å². The molecule has 1 aliphatic rings. The van der Waals surface area contributed by atoms with Gasteiger partial charge in [0.2, 0.25) is 0 Å². The molecule has 0 bridgehead atoms. The Hall–Kier alpha value is -4.92. The summed E-state index contributed by atoms with van der Waals surface area (Å²) >= 11 is 0. The van der Waals surface area contributed by atoms with Gasteiger partial charge in [0.05, 0.1) is 11.3 Å². The second-order valence-corrected chi connectivity index (χ2v) is 7.33. The van der Waals surface area contributed by atoms with Crippen LogP contribution in [0.1, 0.15) is 21.5 Å². The van der Waals surface area contributed by atoms with Crippen LogP contribution in [0.4, 0.5) is 10.5 Å². The van der Waals surface area contributed by atoms with Crippen molar-refractivity contribution in [1.29, 1.82) is 0 Å². The van der Waals surface area contributed by atoms with E-state index >= 15 is 0 Å². The molecule has 9 heteroatoms. The van der Waals surface area contributed by atoms with Crippen molar-refractivity contribution in [1.82, 2.24) is 5.32 Å². The molecule has 0 unspecified atom stereocenters. The number of nitrogens with zero attached hydrogens (tertiary/aromatic N) is 1. The van der Waals surface area contributed by atoms with Crippen molar-refractivity contribution in [3.8, 4) is 11.5 Å². The van der Waals surface area contributed by atoms with Crippen molar-refractivity contribution >= 4 is 35.6 Å². The Balaban J connectivity index is 1.47. The summed E-state index contributed by atoms with van der Waals surface area (Å²) in [7, 11) is 0. The number of anilines is 1.